The van der Waals surface area contributed by atoms with Gasteiger partial charge in [0.2, 0.25) is 5.82 Å². The number of nitrogens with one attached hydrogen (secondary N) is 1. The van der Waals surface area contributed by atoms with Crippen LogP contribution in [0.4, 0.5) is 4.39 Å². The zero-order chi connectivity index (χ0) is 10.0. The number of aromatic amines is 1. The fourth-order valence-electron chi connectivity index (χ4n) is 0.768. The monoisotopic (exact) mass is 203 g/mol. The highest BCUT2D eigenvalue weighted by Crippen LogP contribution is 1.83. The van der Waals surface area contributed by atoms with E-state index in [4.69, 9.17) is 5.73 Å². The minimum atomic E-state index is -1.05. The first kappa shape index (κ1) is 9.59. The maximum absolute atomic E-state index is 12.6. The Bertz CT molecular complexity index is 450. The van der Waals surface area contributed by atoms with Crippen molar-refractivity contribution >= 4 is 17.2 Å². The van der Waals surface area contributed by atoms with Gasteiger partial charge in [-0.3, -0.25) is 14.3 Å². The number of aromatic nitrogens is 2. The molecule has 0 amide bonds. The van der Waals surface area contributed by atoms with Crippen molar-refractivity contribution in [1.82, 2.24) is 9.55 Å². The van der Waals surface area contributed by atoms with E-state index in [0.717, 1.165) is 10.8 Å². The number of hydrogen-bond donors (Lipinski definition) is 2. The summed E-state index contributed by atoms with van der Waals surface area (Å²) in [6, 6.07) is 0. The Balaban J connectivity index is 3.24. The molecule has 1 rings (SSSR count). The summed E-state index contributed by atoms with van der Waals surface area (Å²) in [5, 5.41) is 0. The van der Waals surface area contributed by atoms with Gasteiger partial charge in [-0.1, -0.05) is 12.2 Å². The summed E-state index contributed by atoms with van der Waals surface area (Å²) in [6.07, 6.45) is 0.764. The lowest BCUT2D eigenvalue weighted by molar-refractivity contribution is 0.572. The molecule has 13 heavy (non-hydrogen) atoms. The Kier molecular flexibility index (Phi) is 2.57. The van der Waals surface area contributed by atoms with Crippen LogP contribution >= 0.6 is 12.2 Å². The molecule has 70 valence electrons. The van der Waals surface area contributed by atoms with E-state index in [1.54, 1.807) is 4.98 Å². The lowest BCUT2D eigenvalue weighted by Crippen LogP contribution is -2.34. The molecule has 0 atom stereocenters. The van der Waals surface area contributed by atoms with Crippen LogP contribution in [0, 0.1) is 5.82 Å². The van der Waals surface area contributed by atoms with Crippen molar-refractivity contribution in [2.45, 2.75) is 6.54 Å². The third-order valence-corrected chi connectivity index (χ3v) is 1.42. The highest BCUT2D eigenvalue weighted by Gasteiger charge is 2.03. The Morgan fingerprint density at radius 1 is 1.69 bits per heavy atom. The molecule has 0 unspecified atom stereocenters. The van der Waals surface area contributed by atoms with E-state index in [0.29, 0.717) is 0 Å². The van der Waals surface area contributed by atoms with Crippen molar-refractivity contribution in [3.63, 3.8) is 0 Å². The predicted octanol–water partition coefficient (Wildman–Crippen LogP) is -1.04. The molecule has 5 nitrogen and oxygen atoms in total. The van der Waals surface area contributed by atoms with Gasteiger partial charge in [-0.15, -0.1) is 0 Å². The lowest BCUT2D eigenvalue weighted by Gasteiger charge is -2.01. The average molecular weight is 203 g/mol. The molecule has 0 aliphatic rings. The normalized spacial score (nSPS) is 9.92. The molecule has 1 aromatic rings. The predicted molar refractivity (Wildman–Crippen MR) is 48.1 cm³/mol. The number of hydrogen-bond acceptors (Lipinski definition) is 3. The molecular weight excluding hydrogens is 197 g/mol. The van der Waals surface area contributed by atoms with Crippen molar-refractivity contribution in [2.75, 3.05) is 0 Å². The quantitative estimate of drug-likeness (QED) is 0.602. The molecule has 0 fully saturated rings. The minimum absolute atomic E-state index is 0.0357. The van der Waals surface area contributed by atoms with Crippen molar-refractivity contribution in [3.8, 4) is 0 Å². The number of thiocarbonyl (C=S) groups is 1. The van der Waals surface area contributed by atoms with Crippen LogP contribution in [0.25, 0.3) is 0 Å². The number of nitrogens with two attached hydrogens (primary N) is 1. The fourth-order valence-corrected chi connectivity index (χ4v) is 0.907. The smallest absolute Gasteiger partial charge is 0.328 e. The van der Waals surface area contributed by atoms with Gasteiger partial charge in [0.15, 0.2) is 0 Å². The molecule has 0 saturated heterocycles. The topological polar surface area (TPSA) is 80.9 Å². The van der Waals surface area contributed by atoms with Gasteiger partial charge in [-0.25, -0.2) is 4.79 Å². The molecule has 7 heteroatoms. The summed E-state index contributed by atoms with van der Waals surface area (Å²) in [4.78, 5) is 23.3. The Labute approximate surface area is 77.0 Å². The van der Waals surface area contributed by atoms with Crippen LogP contribution in [0.2, 0.25) is 0 Å². The highest BCUT2D eigenvalue weighted by molar-refractivity contribution is 7.80. The molecule has 3 N–H and O–H groups in total. The van der Waals surface area contributed by atoms with E-state index < -0.39 is 17.1 Å². The summed E-state index contributed by atoms with van der Waals surface area (Å²) in [5.74, 6) is -1.05. The summed E-state index contributed by atoms with van der Waals surface area (Å²) >= 11 is 4.52. The third-order valence-electron chi connectivity index (χ3n) is 1.29. The zero-order valence-electron chi connectivity index (χ0n) is 6.41. The molecule has 1 heterocycles. The summed E-state index contributed by atoms with van der Waals surface area (Å²) in [7, 11) is 0. The van der Waals surface area contributed by atoms with E-state index in [2.05, 4.69) is 12.2 Å². The van der Waals surface area contributed by atoms with E-state index in [-0.39, 0.29) is 11.5 Å². The third kappa shape index (κ3) is 2.22. The van der Waals surface area contributed by atoms with Crippen molar-refractivity contribution in [1.29, 1.82) is 0 Å². The summed E-state index contributed by atoms with van der Waals surface area (Å²) in [6.45, 7) is -0.0954. The summed E-state index contributed by atoms with van der Waals surface area (Å²) in [5.41, 5.74) is 3.35. The number of halogens is 1. The second-order valence-electron chi connectivity index (χ2n) is 2.33. The van der Waals surface area contributed by atoms with Crippen LogP contribution in [0.1, 0.15) is 0 Å². The van der Waals surface area contributed by atoms with Gasteiger partial charge in [0, 0.05) is 0 Å². The molecule has 0 aliphatic heterocycles. The highest BCUT2D eigenvalue weighted by atomic mass is 32.1. The van der Waals surface area contributed by atoms with Crippen LogP contribution < -0.4 is 17.0 Å². The van der Waals surface area contributed by atoms with Gasteiger partial charge >= 0.3 is 5.69 Å². The van der Waals surface area contributed by atoms with Gasteiger partial charge in [0.1, 0.15) is 0 Å². The molecule has 0 aliphatic carbocycles. The lowest BCUT2D eigenvalue weighted by atomic mass is 10.5. The first-order valence-corrected chi connectivity index (χ1v) is 3.69. The van der Waals surface area contributed by atoms with Gasteiger partial charge in [0.05, 0.1) is 17.7 Å². The standard InChI is InChI=1S/C6H6FN3O2S/c7-3-1-10(2-4(8)13)6(12)9-5(3)11/h1H,2H2,(H2,8,13)(H,9,11,12). The van der Waals surface area contributed by atoms with Crippen molar-refractivity contribution in [2.24, 2.45) is 5.73 Å². The van der Waals surface area contributed by atoms with Crippen LogP contribution in [0.5, 0.6) is 0 Å². The van der Waals surface area contributed by atoms with Crippen molar-refractivity contribution < 1.29 is 4.39 Å². The van der Waals surface area contributed by atoms with Gasteiger partial charge in [0.25, 0.3) is 5.56 Å². The Morgan fingerprint density at radius 3 is 2.85 bits per heavy atom. The van der Waals surface area contributed by atoms with E-state index in [9.17, 15) is 14.0 Å². The number of H-pyrrole nitrogens is 1. The van der Waals surface area contributed by atoms with Crippen LogP contribution in [-0.4, -0.2) is 14.5 Å². The van der Waals surface area contributed by atoms with Crippen molar-refractivity contribution in [3.05, 3.63) is 32.9 Å². The van der Waals surface area contributed by atoms with Crippen LogP contribution in [-0.2, 0) is 6.54 Å². The second-order valence-corrected chi connectivity index (χ2v) is 2.85. The van der Waals surface area contributed by atoms with E-state index in [1.165, 1.54) is 0 Å². The molecule has 0 bridgehead atoms. The largest absolute Gasteiger partial charge is 0.392 e. The van der Waals surface area contributed by atoms with Gasteiger partial charge < -0.3 is 5.73 Å². The van der Waals surface area contributed by atoms with Crippen LogP contribution in [0.3, 0.4) is 0 Å². The molecule has 1 aromatic heterocycles. The molecular formula is C6H6FN3O2S. The van der Waals surface area contributed by atoms with Gasteiger partial charge in [-0.2, -0.15) is 4.39 Å². The maximum Gasteiger partial charge on any atom is 0.328 e. The second kappa shape index (κ2) is 3.48. The summed E-state index contributed by atoms with van der Waals surface area (Å²) < 4.78 is 13.5. The minimum Gasteiger partial charge on any atom is -0.392 e. The van der Waals surface area contributed by atoms with Crippen LogP contribution in [0.15, 0.2) is 15.8 Å². The first-order chi connectivity index (χ1) is 6.00. The van der Waals surface area contributed by atoms with Gasteiger partial charge in [-0.05, 0) is 0 Å². The number of rotatable bonds is 2. The molecule has 0 aromatic carbocycles. The maximum atomic E-state index is 12.6. The average Bonchev–Trinajstić information content (AvgIpc) is 1.99. The van der Waals surface area contributed by atoms with E-state index in [1.807, 2.05) is 0 Å². The Hall–Kier alpha value is -1.50. The van der Waals surface area contributed by atoms with E-state index >= 15 is 0 Å². The Morgan fingerprint density at radius 2 is 2.31 bits per heavy atom. The molecule has 0 saturated carbocycles. The first-order valence-electron chi connectivity index (χ1n) is 3.28. The fraction of sp³-hybridized carbons (Fsp3) is 0.167. The molecule has 0 radical (unpaired) electrons. The molecule has 0 spiro atoms. The zero-order valence-corrected chi connectivity index (χ0v) is 7.23. The number of nitrogens with zero attached hydrogens (tertiary/aromatic N) is 1. The SMILES string of the molecule is NC(=S)Cn1cc(F)c(=O)[nH]c1=O.